The number of nitrogens with one attached hydrogen (secondary N) is 1. The fourth-order valence-corrected chi connectivity index (χ4v) is 1.35. The lowest BCUT2D eigenvalue weighted by atomic mass is 10.2. The number of rotatable bonds is 5. The van der Waals surface area contributed by atoms with Gasteiger partial charge in [-0.05, 0) is 25.1 Å². The molecule has 1 aromatic rings. The van der Waals surface area contributed by atoms with Gasteiger partial charge in [-0.25, -0.2) is 5.10 Å². The van der Waals surface area contributed by atoms with E-state index in [0.29, 0.717) is 23.7 Å². The normalized spacial score (nSPS) is 10.3. The smallest absolute Gasteiger partial charge is 0.220 e. The van der Waals surface area contributed by atoms with Crippen LogP contribution in [0.5, 0.6) is 0 Å². The number of H-pyrrole nitrogens is 1. The summed E-state index contributed by atoms with van der Waals surface area (Å²) in [5.41, 5.74) is 10.5. The van der Waals surface area contributed by atoms with E-state index in [2.05, 4.69) is 10.2 Å². The second-order valence-corrected chi connectivity index (χ2v) is 3.35. The number of carbonyl (C=O) groups is 1. The molecule has 1 heterocycles. The summed E-state index contributed by atoms with van der Waals surface area (Å²) in [7, 11) is 0. The highest BCUT2D eigenvalue weighted by molar-refractivity contribution is 7.71. The van der Waals surface area contributed by atoms with Crippen molar-refractivity contribution < 1.29 is 4.79 Å². The van der Waals surface area contributed by atoms with E-state index in [1.807, 2.05) is 0 Å². The molecule has 14 heavy (non-hydrogen) atoms. The van der Waals surface area contributed by atoms with Gasteiger partial charge in [0.15, 0.2) is 4.77 Å². The van der Waals surface area contributed by atoms with Crippen LogP contribution in [0.15, 0.2) is 0 Å². The van der Waals surface area contributed by atoms with Gasteiger partial charge in [-0.3, -0.25) is 9.36 Å². The summed E-state index contributed by atoms with van der Waals surface area (Å²) in [6, 6.07) is 0. The Hall–Kier alpha value is -1.37. The molecule has 0 saturated carbocycles. The van der Waals surface area contributed by atoms with E-state index in [1.165, 1.54) is 0 Å². The quantitative estimate of drug-likeness (QED) is 0.481. The van der Waals surface area contributed by atoms with Crippen molar-refractivity contribution in [2.24, 2.45) is 5.73 Å². The fourth-order valence-electron chi connectivity index (χ4n) is 1.12. The molecule has 0 bridgehead atoms. The van der Waals surface area contributed by atoms with E-state index in [4.69, 9.17) is 23.7 Å². The third-order valence-corrected chi connectivity index (χ3v) is 2.15. The summed E-state index contributed by atoms with van der Waals surface area (Å²) in [4.78, 5) is 10.4. The van der Waals surface area contributed by atoms with Crippen molar-refractivity contribution in [3.8, 4) is 0 Å². The van der Waals surface area contributed by atoms with Gasteiger partial charge in [-0.15, -0.1) is 5.10 Å². The van der Waals surface area contributed by atoms with Crippen LogP contribution in [-0.4, -0.2) is 20.7 Å². The lowest BCUT2D eigenvalue weighted by Gasteiger charge is -2.01. The number of nitrogens with two attached hydrogens (primary N) is 2. The van der Waals surface area contributed by atoms with E-state index < -0.39 is 0 Å². The Labute approximate surface area is 86.3 Å². The van der Waals surface area contributed by atoms with E-state index in [-0.39, 0.29) is 5.91 Å². The maximum absolute atomic E-state index is 10.4. The van der Waals surface area contributed by atoms with Crippen LogP contribution in [0.2, 0.25) is 0 Å². The highest BCUT2D eigenvalue weighted by Gasteiger charge is 2.01. The Morgan fingerprint density at radius 1 is 1.57 bits per heavy atom. The van der Waals surface area contributed by atoms with Gasteiger partial charge in [0, 0.05) is 13.0 Å². The van der Waals surface area contributed by atoms with Crippen molar-refractivity contribution in [2.45, 2.75) is 25.8 Å². The number of hydrogen-bond acceptors (Lipinski definition) is 4. The van der Waals surface area contributed by atoms with E-state index in [9.17, 15) is 4.79 Å². The van der Waals surface area contributed by atoms with Crippen LogP contribution in [0, 0.1) is 4.77 Å². The van der Waals surface area contributed by atoms with Gasteiger partial charge in [0.1, 0.15) is 0 Å². The minimum atomic E-state index is -0.284. The molecule has 0 fully saturated rings. The molecule has 6 nitrogen and oxygen atoms in total. The summed E-state index contributed by atoms with van der Waals surface area (Å²) >= 11 is 4.95. The Morgan fingerprint density at radius 2 is 2.29 bits per heavy atom. The molecule has 1 amide bonds. The summed E-state index contributed by atoms with van der Waals surface area (Å²) < 4.78 is 2.19. The van der Waals surface area contributed by atoms with Crippen LogP contribution in [0.1, 0.15) is 19.3 Å². The first-order valence-corrected chi connectivity index (χ1v) is 4.71. The number of aromatic amines is 1. The fraction of sp³-hybridized carbons (Fsp3) is 0.571. The molecule has 78 valence electrons. The predicted octanol–water partition coefficient (Wildman–Crippen LogP) is 0.178. The Balaban J connectivity index is 2.38. The second kappa shape index (κ2) is 4.75. The number of amides is 1. The molecule has 7 heteroatoms. The molecule has 0 aromatic carbocycles. The zero-order chi connectivity index (χ0) is 10.6. The van der Waals surface area contributed by atoms with Gasteiger partial charge < -0.3 is 11.5 Å². The van der Waals surface area contributed by atoms with Crippen LogP contribution < -0.4 is 11.5 Å². The largest absolute Gasteiger partial charge is 0.370 e. The first-order chi connectivity index (χ1) is 6.61. The van der Waals surface area contributed by atoms with Gasteiger partial charge >= 0.3 is 0 Å². The lowest BCUT2D eigenvalue weighted by Crippen LogP contribution is -2.10. The molecule has 5 N–H and O–H groups in total. The van der Waals surface area contributed by atoms with Crippen LogP contribution in [0.4, 0.5) is 5.95 Å². The first-order valence-electron chi connectivity index (χ1n) is 4.30. The molecule has 0 spiro atoms. The van der Waals surface area contributed by atoms with Gasteiger partial charge in [-0.2, -0.15) is 0 Å². The standard InChI is InChI=1S/C7H13N5OS/c8-5(13)3-1-2-4-12-6(9)10-11-7(12)14/h1-4H2,(H2,8,13)(H2,9,10)(H,11,14). The topological polar surface area (TPSA) is 103 Å². The van der Waals surface area contributed by atoms with Crippen molar-refractivity contribution in [3.05, 3.63) is 4.77 Å². The molecule has 0 aliphatic heterocycles. The van der Waals surface area contributed by atoms with Crippen molar-refractivity contribution in [2.75, 3.05) is 5.73 Å². The molecule has 0 aliphatic rings. The second-order valence-electron chi connectivity index (χ2n) is 2.96. The number of unbranched alkanes of at least 4 members (excludes halogenated alkanes) is 1. The third-order valence-electron chi connectivity index (χ3n) is 1.84. The monoisotopic (exact) mass is 215 g/mol. The van der Waals surface area contributed by atoms with Crippen LogP contribution in [-0.2, 0) is 11.3 Å². The highest BCUT2D eigenvalue weighted by atomic mass is 32.1. The van der Waals surface area contributed by atoms with E-state index in [0.717, 1.165) is 12.8 Å². The first kappa shape index (κ1) is 10.7. The molecular formula is C7H13N5OS. The van der Waals surface area contributed by atoms with Gasteiger partial charge in [0.05, 0.1) is 0 Å². The van der Waals surface area contributed by atoms with Gasteiger partial charge in [0.25, 0.3) is 0 Å². The van der Waals surface area contributed by atoms with Gasteiger partial charge in [-0.1, -0.05) is 0 Å². The molecule has 1 rings (SSSR count). The van der Waals surface area contributed by atoms with Crippen LogP contribution in [0.3, 0.4) is 0 Å². The van der Waals surface area contributed by atoms with E-state index in [1.54, 1.807) is 4.57 Å². The number of primary amides is 1. The summed E-state index contributed by atoms with van der Waals surface area (Å²) in [5.74, 6) is 0.0860. The highest BCUT2D eigenvalue weighted by Crippen LogP contribution is 2.03. The summed E-state index contributed by atoms with van der Waals surface area (Å²) in [6.07, 6.45) is 1.94. The number of nitrogen functional groups attached to an aromatic ring is 1. The molecule has 0 atom stereocenters. The lowest BCUT2D eigenvalue weighted by molar-refractivity contribution is -0.118. The molecular weight excluding hydrogens is 202 g/mol. The molecule has 0 saturated heterocycles. The Bertz CT molecular complexity index is 368. The molecule has 0 unspecified atom stereocenters. The summed E-state index contributed by atoms with van der Waals surface area (Å²) in [6.45, 7) is 0.661. The van der Waals surface area contributed by atoms with Crippen molar-refractivity contribution >= 4 is 24.1 Å². The maximum Gasteiger partial charge on any atom is 0.220 e. The van der Waals surface area contributed by atoms with Gasteiger partial charge in [0.2, 0.25) is 11.9 Å². The number of hydrogen-bond donors (Lipinski definition) is 3. The average Bonchev–Trinajstić information content (AvgIpc) is 2.42. The zero-order valence-corrected chi connectivity index (χ0v) is 8.51. The SMILES string of the molecule is NC(=O)CCCCn1c(N)n[nH]c1=S. The van der Waals surface area contributed by atoms with Crippen LogP contribution >= 0.6 is 12.2 Å². The number of anilines is 1. The minimum Gasteiger partial charge on any atom is -0.370 e. The van der Waals surface area contributed by atoms with Crippen LogP contribution in [0.25, 0.3) is 0 Å². The minimum absolute atomic E-state index is 0.284. The van der Waals surface area contributed by atoms with E-state index >= 15 is 0 Å². The maximum atomic E-state index is 10.4. The average molecular weight is 215 g/mol. The number of nitrogens with zero attached hydrogens (tertiary/aromatic N) is 2. The number of carbonyl (C=O) groups excluding carboxylic acids is 1. The summed E-state index contributed by atoms with van der Waals surface area (Å²) in [5, 5.41) is 6.35. The van der Waals surface area contributed by atoms with Crippen molar-refractivity contribution in [3.63, 3.8) is 0 Å². The van der Waals surface area contributed by atoms with Crippen molar-refractivity contribution in [1.29, 1.82) is 0 Å². The Kier molecular flexibility index (Phi) is 3.63. The Morgan fingerprint density at radius 3 is 2.79 bits per heavy atom. The molecule has 0 radical (unpaired) electrons. The molecule has 1 aromatic heterocycles. The van der Waals surface area contributed by atoms with Crippen molar-refractivity contribution in [1.82, 2.24) is 14.8 Å². The zero-order valence-electron chi connectivity index (χ0n) is 7.69. The number of aromatic nitrogens is 3. The molecule has 0 aliphatic carbocycles. The predicted molar refractivity (Wildman–Crippen MR) is 54.9 cm³/mol. The third kappa shape index (κ3) is 2.84.